The van der Waals surface area contributed by atoms with Crippen molar-refractivity contribution in [3.05, 3.63) is 83.2 Å². The number of urea groups is 1. The van der Waals surface area contributed by atoms with Gasteiger partial charge < -0.3 is 34.3 Å². The Morgan fingerprint density at radius 2 is 1.70 bits per heavy atom. The van der Waals surface area contributed by atoms with E-state index < -0.39 is 6.03 Å². The number of benzene rings is 3. The first kappa shape index (κ1) is 29.7. The second kappa shape index (κ2) is 13.0. The van der Waals surface area contributed by atoms with E-state index >= 15 is 0 Å². The second-order valence-electron chi connectivity index (χ2n) is 10.7. The van der Waals surface area contributed by atoms with Crippen molar-refractivity contribution in [2.75, 3.05) is 45.0 Å². The summed E-state index contributed by atoms with van der Waals surface area (Å²) in [6.07, 6.45) is 3.84. The zero-order valence-corrected chi connectivity index (χ0v) is 25.3. The van der Waals surface area contributed by atoms with Gasteiger partial charge in [-0.05, 0) is 114 Å². The molecule has 2 amide bonds. The molecule has 0 radical (unpaired) electrons. The molecule has 0 atom stereocenters. The molecule has 3 aromatic carbocycles. The summed E-state index contributed by atoms with van der Waals surface area (Å²) in [6, 6.07) is 17.8. The minimum atomic E-state index is -0.420. The highest BCUT2D eigenvalue weighted by Crippen LogP contribution is 2.37. The fraction of sp³-hybridized carbons (Fsp3) is 0.294. The van der Waals surface area contributed by atoms with Gasteiger partial charge in [0.1, 0.15) is 17.2 Å². The van der Waals surface area contributed by atoms with Gasteiger partial charge in [0.15, 0.2) is 5.76 Å². The van der Waals surface area contributed by atoms with Crippen molar-refractivity contribution in [3.63, 3.8) is 0 Å². The van der Waals surface area contributed by atoms with Crippen molar-refractivity contribution in [3.8, 4) is 17.2 Å². The predicted octanol–water partition coefficient (Wildman–Crippen LogP) is 6.96. The van der Waals surface area contributed by atoms with E-state index in [2.05, 4.69) is 41.1 Å². The average molecular weight is 583 g/mol. The fourth-order valence-electron chi connectivity index (χ4n) is 5.25. The van der Waals surface area contributed by atoms with Gasteiger partial charge in [0.2, 0.25) is 5.78 Å². The van der Waals surface area contributed by atoms with Gasteiger partial charge in [-0.3, -0.25) is 4.79 Å². The Labute approximate surface area is 252 Å². The van der Waals surface area contributed by atoms with E-state index in [1.807, 2.05) is 37.3 Å². The van der Waals surface area contributed by atoms with Crippen LogP contribution in [0.3, 0.4) is 0 Å². The van der Waals surface area contributed by atoms with Gasteiger partial charge in [-0.1, -0.05) is 0 Å². The number of allylic oxidation sites excluding steroid dienone is 1. The summed E-state index contributed by atoms with van der Waals surface area (Å²) >= 11 is 0. The monoisotopic (exact) mass is 582 g/mol. The number of ether oxygens (including phenoxy) is 3. The van der Waals surface area contributed by atoms with Gasteiger partial charge in [-0.2, -0.15) is 0 Å². The molecule has 4 aromatic rings. The van der Waals surface area contributed by atoms with E-state index in [0.29, 0.717) is 29.3 Å². The van der Waals surface area contributed by atoms with Crippen LogP contribution in [-0.4, -0.2) is 55.6 Å². The van der Waals surface area contributed by atoms with Gasteiger partial charge in [0.25, 0.3) is 0 Å². The number of Topliss-reactive ketones (excluding diaryl/α,β-unsaturated/α-hetero) is 1. The van der Waals surface area contributed by atoms with Gasteiger partial charge in [0.05, 0.1) is 19.3 Å². The van der Waals surface area contributed by atoms with Crippen LogP contribution in [-0.2, 0) is 6.54 Å². The normalized spacial score (nSPS) is 13.3. The molecule has 0 unspecified atom stereocenters. The minimum absolute atomic E-state index is 0.234. The lowest BCUT2D eigenvalue weighted by Gasteiger charge is -2.11. The Morgan fingerprint density at radius 1 is 0.977 bits per heavy atom. The van der Waals surface area contributed by atoms with E-state index in [1.165, 1.54) is 0 Å². The number of unbranched alkanes of at least 4 members (excludes halogenated alkanes) is 1. The van der Waals surface area contributed by atoms with Gasteiger partial charge in [-0.25, -0.2) is 4.79 Å². The molecule has 224 valence electrons. The Bertz CT molecular complexity index is 1670. The molecule has 2 N–H and O–H groups in total. The van der Waals surface area contributed by atoms with Crippen LogP contribution in [0, 0.1) is 6.92 Å². The number of amides is 2. The maximum absolute atomic E-state index is 13.4. The number of hydrogen-bond donors (Lipinski definition) is 2. The Hall–Kier alpha value is -4.76. The number of methoxy groups -OCH3 is 1. The SMILES string of the molecule is CCn1c(C)c(C=C2Oc3ccc(NC(=O)Nc4ccc(OCCCCN(C)C)cc4)cc3C2=O)c2cc(OC)ccc21. The summed E-state index contributed by atoms with van der Waals surface area (Å²) in [5, 5.41) is 6.60. The third kappa shape index (κ3) is 6.67. The Kier molecular flexibility index (Phi) is 9.01. The van der Waals surface area contributed by atoms with E-state index in [0.717, 1.165) is 59.6 Å². The molecule has 1 aromatic heterocycles. The lowest BCUT2D eigenvalue weighted by Crippen LogP contribution is -2.19. The Morgan fingerprint density at radius 3 is 2.42 bits per heavy atom. The first-order chi connectivity index (χ1) is 20.8. The van der Waals surface area contributed by atoms with Crippen LogP contribution in [0.2, 0.25) is 0 Å². The van der Waals surface area contributed by atoms with Gasteiger partial charge >= 0.3 is 6.03 Å². The lowest BCUT2D eigenvalue weighted by molar-refractivity contribution is 0.101. The maximum Gasteiger partial charge on any atom is 0.323 e. The summed E-state index contributed by atoms with van der Waals surface area (Å²) in [5.41, 5.74) is 4.50. The van der Waals surface area contributed by atoms with Crippen LogP contribution in [0.15, 0.2) is 66.4 Å². The number of fused-ring (bicyclic) bond motifs is 2. The van der Waals surface area contributed by atoms with Crippen LogP contribution in [0.5, 0.6) is 17.2 Å². The van der Waals surface area contributed by atoms with Crippen LogP contribution in [0.25, 0.3) is 17.0 Å². The summed E-state index contributed by atoms with van der Waals surface area (Å²) in [5.74, 6) is 1.94. The molecule has 1 aliphatic rings. The first-order valence-corrected chi connectivity index (χ1v) is 14.5. The lowest BCUT2D eigenvalue weighted by atomic mass is 10.1. The van der Waals surface area contributed by atoms with E-state index in [4.69, 9.17) is 14.2 Å². The maximum atomic E-state index is 13.4. The van der Waals surface area contributed by atoms with E-state index in [9.17, 15) is 9.59 Å². The minimum Gasteiger partial charge on any atom is -0.497 e. The van der Waals surface area contributed by atoms with Gasteiger partial charge in [0, 0.05) is 40.1 Å². The fourth-order valence-corrected chi connectivity index (χ4v) is 5.25. The smallest absolute Gasteiger partial charge is 0.323 e. The third-order valence-corrected chi connectivity index (χ3v) is 7.48. The van der Waals surface area contributed by atoms with Crippen molar-refractivity contribution >= 4 is 40.2 Å². The molecular weight excluding hydrogens is 544 g/mol. The number of carbonyl (C=O) groups is 2. The molecule has 0 saturated heterocycles. The predicted molar refractivity (Wildman–Crippen MR) is 171 cm³/mol. The van der Waals surface area contributed by atoms with Crippen LogP contribution in [0.1, 0.15) is 41.4 Å². The van der Waals surface area contributed by atoms with Crippen molar-refractivity contribution in [1.29, 1.82) is 0 Å². The number of ketones is 1. The topological polar surface area (TPSA) is 94.1 Å². The van der Waals surface area contributed by atoms with Gasteiger partial charge in [-0.15, -0.1) is 0 Å². The molecule has 9 nitrogen and oxygen atoms in total. The van der Waals surface area contributed by atoms with Crippen LogP contribution in [0.4, 0.5) is 16.2 Å². The number of rotatable bonds is 11. The molecule has 0 fully saturated rings. The zero-order valence-electron chi connectivity index (χ0n) is 25.3. The highest BCUT2D eigenvalue weighted by molar-refractivity contribution is 6.16. The molecule has 9 heteroatoms. The first-order valence-electron chi connectivity index (χ1n) is 14.5. The van der Waals surface area contributed by atoms with Crippen molar-refractivity contribution < 1.29 is 23.8 Å². The molecule has 0 saturated carbocycles. The number of carbonyl (C=O) groups excluding carboxylic acids is 2. The third-order valence-electron chi connectivity index (χ3n) is 7.48. The largest absolute Gasteiger partial charge is 0.497 e. The Balaban J connectivity index is 1.24. The summed E-state index contributed by atoms with van der Waals surface area (Å²) in [4.78, 5) is 28.2. The highest BCUT2D eigenvalue weighted by Gasteiger charge is 2.29. The highest BCUT2D eigenvalue weighted by atomic mass is 16.5. The number of aryl methyl sites for hydroxylation is 1. The molecule has 0 aliphatic carbocycles. The molecule has 43 heavy (non-hydrogen) atoms. The van der Waals surface area contributed by atoms with Crippen molar-refractivity contribution in [1.82, 2.24) is 9.47 Å². The average Bonchev–Trinajstić information content (AvgIpc) is 3.45. The zero-order chi connectivity index (χ0) is 30.5. The van der Waals surface area contributed by atoms with E-state index in [1.54, 1.807) is 43.5 Å². The quantitative estimate of drug-likeness (QED) is 0.147. The number of aromatic nitrogens is 1. The van der Waals surface area contributed by atoms with Crippen LogP contribution >= 0.6 is 0 Å². The molecular formula is C34H38N4O5. The molecule has 5 rings (SSSR count). The summed E-state index contributed by atoms with van der Waals surface area (Å²) in [7, 11) is 5.75. The van der Waals surface area contributed by atoms with Crippen LogP contribution < -0.4 is 24.8 Å². The number of nitrogens with one attached hydrogen (secondary N) is 2. The summed E-state index contributed by atoms with van der Waals surface area (Å²) in [6.45, 7) is 6.59. The van der Waals surface area contributed by atoms with Crippen molar-refractivity contribution in [2.24, 2.45) is 0 Å². The number of anilines is 2. The number of nitrogens with zero attached hydrogens (tertiary/aromatic N) is 2. The molecule has 2 heterocycles. The van der Waals surface area contributed by atoms with Crippen molar-refractivity contribution in [2.45, 2.75) is 33.2 Å². The summed E-state index contributed by atoms with van der Waals surface area (Å²) < 4.78 is 19.4. The van der Waals surface area contributed by atoms with E-state index in [-0.39, 0.29) is 11.5 Å². The molecule has 0 bridgehead atoms. The second-order valence-corrected chi connectivity index (χ2v) is 10.7. The number of hydrogen-bond acceptors (Lipinski definition) is 6. The molecule has 1 aliphatic heterocycles. The molecule has 0 spiro atoms. The standard InChI is InChI=1S/C34H38N4O5/c1-6-38-22(2)27(28-20-26(41-5)14-15-30(28)38)21-32-33(39)29-19-24(11-16-31(29)43-32)36-34(40)35-23-9-12-25(13-10-23)42-18-8-7-17-37(3)4/h9-16,19-21H,6-8,17-18H2,1-5H3,(H2,35,36,40).